The maximum atomic E-state index is 10.8. The van der Waals surface area contributed by atoms with Gasteiger partial charge in [-0.05, 0) is 13.3 Å². The average molecular weight is 183 g/mol. The topological polar surface area (TPSA) is 46.6 Å². The number of nitrogens with zero attached hydrogens (tertiary/aromatic N) is 1. The number of esters is 2. The van der Waals surface area contributed by atoms with Crippen molar-refractivity contribution in [2.75, 3.05) is 19.6 Å². The second-order valence-corrected chi connectivity index (χ2v) is 2.91. The number of carbonyl (C=O) groups is 2. The SMILES string of the molecule is C/C=C/CCN1CC(=O)OC(=O)C1. The predicted molar refractivity (Wildman–Crippen MR) is 47.0 cm³/mol. The van der Waals surface area contributed by atoms with Crippen LogP contribution < -0.4 is 0 Å². The fourth-order valence-electron chi connectivity index (χ4n) is 1.19. The van der Waals surface area contributed by atoms with E-state index in [9.17, 15) is 9.59 Å². The van der Waals surface area contributed by atoms with E-state index in [2.05, 4.69) is 4.74 Å². The Bertz CT molecular complexity index is 219. The standard InChI is InChI=1S/C9H13NO3/c1-2-3-4-5-10-6-8(11)13-9(12)7-10/h2-3H,4-7H2,1H3/b3-2+. The van der Waals surface area contributed by atoms with Gasteiger partial charge in [0.2, 0.25) is 0 Å². The van der Waals surface area contributed by atoms with E-state index in [4.69, 9.17) is 0 Å². The molecule has 0 aromatic rings. The molecule has 0 radical (unpaired) electrons. The third-order valence-electron chi connectivity index (χ3n) is 1.78. The van der Waals surface area contributed by atoms with Crippen molar-refractivity contribution < 1.29 is 14.3 Å². The molecule has 0 bridgehead atoms. The zero-order valence-corrected chi connectivity index (χ0v) is 7.66. The van der Waals surface area contributed by atoms with E-state index in [-0.39, 0.29) is 13.1 Å². The molecule has 0 aromatic heterocycles. The maximum Gasteiger partial charge on any atom is 0.327 e. The van der Waals surface area contributed by atoms with Crippen molar-refractivity contribution in [3.8, 4) is 0 Å². The van der Waals surface area contributed by atoms with Gasteiger partial charge in [0.15, 0.2) is 0 Å². The molecule has 13 heavy (non-hydrogen) atoms. The van der Waals surface area contributed by atoms with Crippen molar-refractivity contribution in [1.29, 1.82) is 0 Å². The highest BCUT2D eigenvalue weighted by molar-refractivity contribution is 5.90. The summed E-state index contributed by atoms with van der Waals surface area (Å²) >= 11 is 0. The van der Waals surface area contributed by atoms with Crippen molar-refractivity contribution >= 4 is 11.9 Å². The van der Waals surface area contributed by atoms with Gasteiger partial charge >= 0.3 is 11.9 Å². The highest BCUT2D eigenvalue weighted by Gasteiger charge is 2.23. The zero-order chi connectivity index (χ0) is 9.68. The molecule has 72 valence electrons. The molecule has 4 heteroatoms. The van der Waals surface area contributed by atoms with Gasteiger partial charge in [-0.25, -0.2) is 0 Å². The number of carbonyl (C=O) groups excluding carboxylic acids is 2. The van der Waals surface area contributed by atoms with Crippen LogP contribution in [0.3, 0.4) is 0 Å². The fourth-order valence-corrected chi connectivity index (χ4v) is 1.19. The van der Waals surface area contributed by atoms with Crippen LogP contribution in [0.25, 0.3) is 0 Å². The Morgan fingerprint density at radius 1 is 1.38 bits per heavy atom. The zero-order valence-electron chi connectivity index (χ0n) is 7.66. The molecular formula is C9H13NO3. The third-order valence-corrected chi connectivity index (χ3v) is 1.78. The van der Waals surface area contributed by atoms with Gasteiger partial charge in [0.25, 0.3) is 0 Å². The lowest BCUT2D eigenvalue weighted by atomic mass is 10.3. The lowest BCUT2D eigenvalue weighted by molar-refractivity contribution is -0.166. The van der Waals surface area contributed by atoms with E-state index in [1.54, 1.807) is 4.90 Å². The van der Waals surface area contributed by atoms with Crippen molar-refractivity contribution in [2.24, 2.45) is 0 Å². The van der Waals surface area contributed by atoms with Gasteiger partial charge in [-0.3, -0.25) is 14.5 Å². The molecule has 0 saturated carbocycles. The summed E-state index contributed by atoms with van der Waals surface area (Å²) < 4.78 is 4.39. The smallest absolute Gasteiger partial charge is 0.327 e. The van der Waals surface area contributed by atoms with Gasteiger partial charge in [0.05, 0.1) is 13.1 Å². The van der Waals surface area contributed by atoms with Crippen molar-refractivity contribution in [1.82, 2.24) is 4.90 Å². The highest BCUT2D eigenvalue weighted by Crippen LogP contribution is 2.01. The van der Waals surface area contributed by atoms with Gasteiger partial charge in [-0.1, -0.05) is 12.2 Å². The summed E-state index contributed by atoms with van der Waals surface area (Å²) in [6, 6.07) is 0. The molecule has 0 unspecified atom stereocenters. The molecule has 0 aliphatic carbocycles. The largest absolute Gasteiger partial charge is 0.391 e. The van der Waals surface area contributed by atoms with E-state index in [1.807, 2.05) is 19.1 Å². The Kier molecular flexibility index (Phi) is 3.64. The first kappa shape index (κ1) is 9.92. The number of hydrogen-bond donors (Lipinski definition) is 0. The van der Waals surface area contributed by atoms with Crippen LogP contribution in [0.5, 0.6) is 0 Å². The van der Waals surface area contributed by atoms with Crippen LogP contribution in [-0.2, 0) is 14.3 Å². The molecule has 1 fully saturated rings. The highest BCUT2D eigenvalue weighted by atomic mass is 16.6. The minimum Gasteiger partial charge on any atom is -0.391 e. The minimum atomic E-state index is -0.447. The summed E-state index contributed by atoms with van der Waals surface area (Å²) in [5, 5.41) is 0. The lowest BCUT2D eigenvalue weighted by Crippen LogP contribution is -2.43. The van der Waals surface area contributed by atoms with Gasteiger partial charge in [-0.15, -0.1) is 0 Å². The van der Waals surface area contributed by atoms with E-state index in [1.165, 1.54) is 0 Å². The number of ether oxygens (including phenoxy) is 1. The molecule has 0 N–H and O–H groups in total. The van der Waals surface area contributed by atoms with Crippen molar-refractivity contribution in [2.45, 2.75) is 13.3 Å². The van der Waals surface area contributed by atoms with Crippen LogP contribution in [0.2, 0.25) is 0 Å². The quantitative estimate of drug-likeness (QED) is 0.359. The fraction of sp³-hybridized carbons (Fsp3) is 0.556. The Morgan fingerprint density at radius 3 is 2.54 bits per heavy atom. The Labute approximate surface area is 77.2 Å². The molecule has 4 nitrogen and oxygen atoms in total. The summed E-state index contributed by atoms with van der Waals surface area (Å²) in [4.78, 5) is 23.4. The molecule has 1 aliphatic rings. The number of hydrogen-bond acceptors (Lipinski definition) is 4. The number of allylic oxidation sites excluding steroid dienone is 1. The third kappa shape index (κ3) is 3.38. The summed E-state index contributed by atoms with van der Waals surface area (Å²) in [6.45, 7) is 3.12. The van der Waals surface area contributed by atoms with Crippen LogP contribution >= 0.6 is 0 Å². The van der Waals surface area contributed by atoms with Crippen LogP contribution in [0.1, 0.15) is 13.3 Å². The first-order valence-electron chi connectivity index (χ1n) is 4.29. The monoisotopic (exact) mass is 183 g/mol. The van der Waals surface area contributed by atoms with Gasteiger partial charge in [0, 0.05) is 6.54 Å². The van der Waals surface area contributed by atoms with Crippen molar-refractivity contribution in [3.63, 3.8) is 0 Å². The number of morpholine rings is 1. The maximum absolute atomic E-state index is 10.8. The van der Waals surface area contributed by atoms with E-state index < -0.39 is 11.9 Å². The Hall–Kier alpha value is -1.16. The van der Waals surface area contributed by atoms with Crippen molar-refractivity contribution in [3.05, 3.63) is 12.2 Å². The molecule has 0 spiro atoms. The van der Waals surface area contributed by atoms with Crippen LogP contribution in [0.15, 0.2) is 12.2 Å². The van der Waals surface area contributed by atoms with E-state index >= 15 is 0 Å². The number of cyclic esters (lactones) is 2. The number of rotatable bonds is 3. The normalized spacial score (nSPS) is 19.5. The molecule has 1 rings (SSSR count). The van der Waals surface area contributed by atoms with Crippen LogP contribution in [0, 0.1) is 0 Å². The van der Waals surface area contributed by atoms with Gasteiger partial charge in [-0.2, -0.15) is 0 Å². The molecule has 0 atom stereocenters. The van der Waals surface area contributed by atoms with Crippen LogP contribution in [0.4, 0.5) is 0 Å². The Balaban J connectivity index is 2.33. The lowest BCUT2D eigenvalue weighted by Gasteiger charge is -2.23. The molecule has 1 aliphatic heterocycles. The summed E-state index contributed by atoms with van der Waals surface area (Å²) in [7, 11) is 0. The van der Waals surface area contributed by atoms with E-state index in [0.29, 0.717) is 0 Å². The predicted octanol–water partition coefficient (Wildman–Crippen LogP) is 0.338. The molecule has 0 amide bonds. The summed E-state index contributed by atoms with van der Waals surface area (Å²) in [6.07, 6.45) is 4.81. The first-order valence-corrected chi connectivity index (χ1v) is 4.29. The van der Waals surface area contributed by atoms with E-state index in [0.717, 1.165) is 13.0 Å². The summed E-state index contributed by atoms with van der Waals surface area (Å²) in [5.41, 5.74) is 0. The second kappa shape index (κ2) is 4.77. The van der Waals surface area contributed by atoms with Crippen LogP contribution in [-0.4, -0.2) is 36.5 Å². The van der Waals surface area contributed by atoms with Gasteiger partial charge < -0.3 is 4.74 Å². The Morgan fingerprint density at radius 2 is 2.00 bits per heavy atom. The molecule has 1 heterocycles. The van der Waals surface area contributed by atoms with Gasteiger partial charge in [0.1, 0.15) is 0 Å². The average Bonchev–Trinajstić information content (AvgIpc) is 2.03. The first-order chi connectivity index (χ1) is 6.22. The molecular weight excluding hydrogens is 170 g/mol. The summed E-state index contributed by atoms with van der Waals surface area (Å²) in [5.74, 6) is -0.895. The molecule has 1 saturated heterocycles. The second-order valence-electron chi connectivity index (χ2n) is 2.91. The minimum absolute atomic E-state index is 0.225. The molecule has 0 aromatic carbocycles.